The molecule has 1 saturated heterocycles. The van der Waals surface area contributed by atoms with Crippen molar-refractivity contribution in [1.29, 1.82) is 0 Å². The Labute approximate surface area is 101 Å². The van der Waals surface area contributed by atoms with Gasteiger partial charge in [0.1, 0.15) is 6.04 Å². The Bertz CT molecular complexity index is 283. The minimum atomic E-state index is -0.918. The average molecular weight is 244 g/mol. The fourth-order valence-corrected chi connectivity index (χ4v) is 1.96. The fraction of sp³-hybridized carbons (Fsp3) is 0.818. The van der Waals surface area contributed by atoms with Crippen LogP contribution in [0.1, 0.15) is 19.3 Å². The SMILES string of the molecule is COCCN(C)C(=O)N1CCCCC1C(=O)O. The number of likely N-dealkylation sites (tertiary alicyclic amines) is 1. The van der Waals surface area contributed by atoms with Gasteiger partial charge in [-0.3, -0.25) is 0 Å². The number of carboxylic acids is 1. The molecule has 6 nitrogen and oxygen atoms in total. The van der Waals surface area contributed by atoms with Crippen molar-refractivity contribution in [3.8, 4) is 0 Å². The Hall–Kier alpha value is -1.30. The lowest BCUT2D eigenvalue weighted by atomic mass is 10.0. The van der Waals surface area contributed by atoms with Gasteiger partial charge in [0.25, 0.3) is 0 Å². The standard InChI is InChI=1S/C11H20N2O4/c1-12(7-8-17-2)11(16)13-6-4-3-5-9(13)10(14)15/h9H,3-8H2,1-2H3,(H,14,15). The summed E-state index contributed by atoms with van der Waals surface area (Å²) in [5.74, 6) is -0.918. The van der Waals surface area contributed by atoms with Crippen LogP contribution in [0.4, 0.5) is 4.79 Å². The zero-order valence-electron chi connectivity index (χ0n) is 10.4. The molecule has 1 aliphatic rings. The Morgan fingerprint density at radius 1 is 1.47 bits per heavy atom. The minimum absolute atomic E-state index is 0.228. The van der Waals surface area contributed by atoms with E-state index >= 15 is 0 Å². The molecule has 0 aromatic rings. The van der Waals surface area contributed by atoms with Crippen LogP contribution in [0.5, 0.6) is 0 Å². The van der Waals surface area contributed by atoms with Crippen LogP contribution in [0.3, 0.4) is 0 Å². The lowest BCUT2D eigenvalue weighted by molar-refractivity contribution is -0.143. The predicted octanol–water partition coefficient (Wildman–Crippen LogP) is 0.624. The van der Waals surface area contributed by atoms with E-state index in [0.717, 1.165) is 12.8 Å². The number of amides is 2. The first-order valence-corrected chi connectivity index (χ1v) is 5.81. The highest BCUT2D eigenvalue weighted by molar-refractivity contribution is 5.82. The number of carboxylic acid groups (broad SMARTS) is 1. The zero-order valence-corrected chi connectivity index (χ0v) is 10.4. The molecule has 0 aromatic carbocycles. The fourth-order valence-electron chi connectivity index (χ4n) is 1.96. The highest BCUT2D eigenvalue weighted by atomic mass is 16.5. The molecule has 0 saturated carbocycles. The second kappa shape index (κ2) is 6.44. The van der Waals surface area contributed by atoms with Crippen LogP contribution in [0.15, 0.2) is 0 Å². The summed E-state index contributed by atoms with van der Waals surface area (Å²) in [6, 6.07) is -0.907. The van der Waals surface area contributed by atoms with Gasteiger partial charge in [-0.25, -0.2) is 9.59 Å². The highest BCUT2D eigenvalue weighted by Gasteiger charge is 2.33. The topological polar surface area (TPSA) is 70.1 Å². The molecular weight excluding hydrogens is 224 g/mol. The molecule has 1 aliphatic heterocycles. The Morgan fingerprint density at radius 2 is 2.18 bits per heavy atom. The molecule has 98 valence electrons. The Kier molecular flexibility index (Phi) is 5.21. The van der Waals surface area contributed by atoms with Crippen molar-refractivity contribution in [2.24, 2.45) is 0 Å². The first kappa shape index (κ1) is 13.8. The number of carbonyl (C=O) groups is 2. The first-order chi connectivity index (χ1) is 8.07. The van der Waals surface area contributed by atoms with Crippen molar-refractivity contribution in [2.75, 3.05) is 33.9 Å². The second-order valence-electron chi connectivity index (χ2n) is 4.24. The van der Waals surface area contributed by atoms with Crippen LogP contribution < -0.4 is 0 Å². The normalized spacial score (nSPS) is 20.1. The monoisotopic (exact) mass is 244 g/mol. The summed E-state index contributed by atoms with van der Waals surface area (Å²) in [7, 11) is 3.23. The number of aliphatic carboxylic acids is 1. The third-order valence-corrected chi connectivity index (χ3v) is 2.99. The molecule has 0 radical (unpaired) electrons. The highest BCUT2D eigenvalue weighted by Crippen LogP contribution is 2.18. The molecule has 17 heavy (non-hydrogen) atoms. The minimum Gasteiger partial charge on any atom is -0.480 e. The number of hydrogen-bond donors (Lipinski definition) is 1. The number of ether oxygens (including phenoxy) is 1. The van der Waals surface area contributed by atoms with E-state index in [1.807, 2.05) is 0 Å². The number of nitrogens with zero attached hydrogens (tertiary/aromatic N) is 2. The van der Waals surface area contributed by atoms with Crippen molar-refractivity contribution in [3.63, 3.8) is 0 Å². The maximum absolute atomic E-state index is 12.1. The molecule has 1 rings (SSSR count). The van der Waals surface area contributed by atoms with Crippen LogP contribution in [0.25, 0.3) is 0 Å². The number of rotatable bonds is 4. The quantitative estimate of drug-likeness (QED) is 0.787. The van der Waals surface area contributed by atoms with Crippen LogP contribution >= 0.6 is 0 Å². The molecule has 0 spiro atoms. The van der Waals surface area contributed by atoms with Gasteiger partial charge < -0.3 is 19.6 Å². The molecule has 1 heterocycles. The summed E-state index contributed by atoms with van der Waals surface area (Å²) in [4.78, 5) is 26.1. The van der Waals surface area contributed by atoms with Crippen molar-refractivity contribution in [2.45, 2.75) is 25.3 Å². The van der Waals surface area contributed by atoms with Crippen molar-refractivity contribution < 1.29 is 19.4 Å². The van der Waals surface area contributed by atoms with E-state index < -0.39 is 12.0 Å². The van der Waals surface area contributed by atoms with Crippen molar-refractivity contribution >= 4 is 12.0 Å². The van der Waals surface area contributed by atoms with Crippen molar-refractivity contribution in [1.82, 2.24) is 9.80 Å². The summed E-state index contributed by atoms with van der Waals surface area (Å²) < 4.78 is 4.90. The summed E-state index contributed by atoms with van der Waals surface area (Å²) in [6.07, 6.45) is 2.27. The molecular formula is C11H20N2O4. The molecule has 1 unspecified atom stereocenters. The Morgan fingerprint density at radius 3 is 2.76 bits per heavy atom. The lowest BCUT2D eigenvalue weighted by Gasteiger charge is -2.35. The van der Waals surface area contributed by atoms with E-state index in [1.165, 1.54) is 9.80 Å². The number of methoxy groups -OCH3 is 1. The van der Waals surface area contributed by atoms with E-state index in [1.54, 1.807) is 14.2 Å². The van der Waals surface area contributed by atoms with Gasteiger partial charge in [-0.05, 0) is 19.3 Å². The van der Waals surface area contributed by atoms with E-state index in [4.69, 9.17) is 9.84 Å². The maximum atomic E-state index is 12.1. The average Bonchev–Trinajstić information content (AvgIpc) is 2.34. The second-order valence-corrected chi connectivity index (χ2v) is 4.24. The Balaban J connectivity index is 2.61. The summed E-state index contributed by atoms with van der Waals surface area (Å²) in [6.45, 7) is 1.44. The van der Waals surface area contributed by atoms with Gasteiger partial charge >= 0.3 is 12.0 Å². The molecule has 2 amide bonds. The number of piperidine rings is 1. The summed E-state index contributed by atoms with van der Waals surface area (Å²) in [5.41, 5.74) is 0. The van der Waals surface area contributed by atoms with Gasteiger partial charge in [0.05, 0.1) is 6.61 Å². The van der Waals surface area contributed by atoms with E-state index in [-0.39, 0.29) is 6.03 Å². The van der Waals surface area contributed by atoms with Crippen LogP contribution in [-0.2, 0) is 9.53 Å². The number of likely N-dealkylation sites (N-methyl/N-ethyl adjacent to an activating group) is 1. The summed E-state index contributed by atoms with van der Waals surface area (Å²) >= 11 is 0. The zero-order chi connectivity index (χ0) is 12.8. The van der Waals surface area contributed by atoms with E-state index in [0.29, 0.717) is 26.1 Å². The molecule has 0 aromatic heterocycles. The van der Waals surface area contributed by atoms with Gasteiger partial charge in [0.15, 0.2) is 0 Å². The van der Waals surface area contributed by atoms with Gasteiger partial charge in [0.2, 0.25) is 0 Å². The lowest BCUT2D eigenvalue weighted by Crippen LogP contribution is -2.52. The van der Waals surface area contributed by atoms with Crippen LogP contribution in [0, 0.1) is 0 Å². The van der Waals surface area contributed by atoms with Crippen LogP contribution in [0.2, 0.25) is 0 Å². The number of carbonyl (C=O) groups excluding carboxylic acids is 1. The summed E-state index contributed by atoms with van der Waals surface area (Å²) in [5, 5.41) is 9.08. The van der Waals surface area contributed by atoms with Crippen LogP contribution in [-0.4, -0.2) is 66.8 Å². The van der Waals surface area contributed by atoms with Gasteiger partial charge in [-0.1, -0.05) is 0 Å². The largest absolute Gasteiger partial charge is 0.480 e. The molecule has 6 heteroatoms. The van der Waals surface area contributed by atoms with E-state index in [9.17, 15) is 9.59 Å². The van der Waals surface area contributed by atoms with E-state index in [2.05, 4.69) is 0 Å². The predicted molar refractivity (Wildman–Crippen MR) is 61.9 cm³/mol. The van der Waals surface area contributed by atoms with Gasteiger partial charge in [-0.2, -0.15) is 0 Å². The first-order valence-electron chi connectivity index (χ1n) is 5.81. The molecule has 1 fully saturated rings. The smallest absolute Gasteiger partial charge is 0.326 e. The molecule has 1 N–H and O–H groups in total. The number of urea groups is 1. The third-order valence-electron chi connectivity index (χ3n) is 2.99. The maximum Gasteiger partial charge on any atom is 0.326 e. The molecule has 0 bridgehead atoms. The molecule has 0 aliphatic carbocycles. The van der Waals surface area contributed by atoms with Crippen molar-refractivity contribution in [3.05, 3.63) is 0 Å². The van der Waals surface area contributed by atoms with Gasteiger partial charge in [0, 0.05) is 27.2 Å². The molecule has 1 atom stereocenters. The van der Waals surface area contributed by atoms with Gasteiger partial charge in [-0.15, -0.1) is 0 Å². The number of hydrogen-bond acceptors (Lipinski definition) is 3. The third kappa shape index (κ3) is 3.59.